The number of anilines is 3. The number of para-hydroxylation sites is 2. The number of hydrogen-bond donors (Lipinski definition) is 0. The van der Waals surface area contributed by atoms with Gasteiger partial charge in [-0.15, -0.1) is 0 Å². The monoisotopic (exact) mass is 636 g/mol. The van der Waals surface area contributed by atoms with E-state index in [1.54, 1.807) is 0 Å². The first-order chi connectivity index (χ1) is 24.8. The minimum absolute atomic E-state index is 1.11. The van der Waals surface area contributed by atoms with E-state index < -0.39 is 0 Å². The number of benzene rings is 9. The fourth-order valence-corrected chi connectivity index (χ4v) is 7.87. The van der Waals surface area contributed by atoms with Gasteiger partial charge in [0.15, 0.2) is 0 Å². The highest BCUT2D eigenvalue weighted by atomic mass is 15.1. The molecule has 0 radical (unpaired) electrons. The van der Waals surface area contributed by atoms with Crippen LogP contribution in [0.5, 0.6) is 0 Å². The summed E-state index contributed by atoms with van der Waals surface area (Å²) < 4.78 is 2.44. The molecule has 0 bridgehead atoms. The van der Waals surface area contributed by atoms with Gasteiger partial charge in [-0.3, -0.25) is 0 Å². The molecule has 0 saturated heterocycles. The van der Waals surface area contributed by atoms with E-state index in [0.717, 1.165) is 22.7 Å². The summed E-state index contributed by atoms with van der Waals surface area (Å²) >= 11 is 0. The number of fused-ring (bicyclic) bond motifs is 7. The summed E-state index contributed by atoms with van der Waals surface area (Å²) in [5.74, 6) is 0. The third-order valence-corrected chi connectivity index (χ3v) is 10.1. The minimum Gasteiger partial charge on any atom is -0.310 e. The van der Waals surface area contributed by atoms with E-state index in [9.17, 15) is 0 Å². The van der Waals surface area contributed by atoms with Gasteiger partial charge in [0, 0.05) is 38.6 Å². The van der Waals surface area contributed by atoms with E-state index in [1.807, 2.05) is 0 Å². The molecule has 50 heavy (non-hydrogen) atoms. The topological polar surface area (TPSA) is 8.17 Å². The quantitative estimate of drug-likeness (QED) is 0.182. The average molecular weight is 637 g/mol. The van der Waals surface area contributed by atoms with E-state index in [1.165, 1.54) is 65.3 Å². The van der Waals surface area contributed by atoms with Gasteiger partial charge in [0.1, 0.15) is 0 Å². The summed E-state index contributed by atoms with van der Waals surface area (Å²) in [5, 5.41) is 9.87. The number of hydrogen-bond acceptors (Lipinski definition) is 1. The van der Waals surface area contributed by atoms with E-state index in [2.05, 4.69) is 204 Å². The van der Waals surface area contributed by atoms with Crippen molar-refractivity contribution in [2.45, 2.75) is 0 Å². The predicted molar refractivity (Wildman–Crippen MR) is 213 cm³/mol. The molecule has 0 aliphatic carbocycles. The van der Waals surface area contributed by atoms with Gasteiger partial charge in [0.05, 0.1) is 16.7 Å². The molecule has 2 nitrogen and oxygen atoms in total. The van der Waals surface area contributed by atoms with Crippen LogP contribution in [0.2, 0.25) is 0 Å². The molecule has 0 aliphatic rings. The summed E-state index contributed by atoms with van der Waals surface area (Å²) in [5.41, 5.74) is 9.40. The summed E-state index contributed by atoms with van der Waals surface area (Å²) in [6, 6.07) is 70.5. The normalized spacial score (nSPS) is 11.6. The Bertz CT molecular complexity index is 2880. The maximum absolute atomic E-state index is 2.44. The third kappa shape index (κ3) is 4.50. The summed E-state index contributed by atoms with van der Waals surface area (Å²) in [6.45, 7) is 0. The van der Waals surface area contributed by atoms with Crippen LogP contribution in [-0.2, 0) is 0 Å². The molecule has 10 rings (SSSR count). The Labute approximate surface area is 290 Å². The zero-order valence-electron chi connectivity index (χ0n) is 27.4. The van der Waals surface area contributed by atoms with Crippen LogP contribution in [0.3, 0.4) is 0 Å². The predicted octanol–water partition coefficient (Wildman–Crippen LogP) is 13.4. The second-order valence-corrected chi connectivity index (χ2v) is 13.0. The van der Waals surface area contributed by atoms with E-state index >= 15 is 0 Å². The highest BCUT2D eigenvalue weighted by molar-refractivity contribution is 6.24. The Balaban J connectivity index is 1.27. The molecule has 9 aromatic carbocycles. The van der Waals surface area contributed by atoms with Gasteiger partial charge in [-0.05, 0) is 87.3 Å². The van der Waals surface area contributed by atoms with Gasteiger partial charge in [0.2, 0.25) is 0 Å². The first-order valence-electron chi connectivity index (χ1n) is 17.2. The Morgan fingerprint density at radius 3 is 1.88 bits per heavy atom. The molecule has 234 valence electrons. The van der Waals surface area contributed by atoms with Crippen molar-refractivity contribution in [2.24, 2.45) is 0 Å². The molecule has 10 aromatic rings. The Morgan fingerprint density at radius 1 is 0.380 bits per heavy atom. The third-order valence-electron chi connectivity index (χ3n) is 10.1. The van der Waals surface area contributed by atoms with Crippen LogP contribution >= 0.6 is 0 Å². The highest BCUT2D eigenvalue weighted by Crippen LogP contribution is 2.45. The standard InChI is InChI=1S/C48H32N2/c1-2-20-38(21-3-1)50-46-26-11-10-25-43(46)47-44(32-37-17-7-9-24-42(37)48(47)50)36-19-12-22-39(31-36)49(40-29-28-33-14-4-5-16-35(33)30-40)45-27-13-18-34-15-6-8-23-41(34)45/h1-32H. The lowest BCUT2D eigenvalue weighted by atomic mass is 9.94. The Morgan fingerprint density at radius 2 is 1.02 bits per heavy atom. The first kappa shape index (κ1) is 28.4. The molecule has 0 fully saturated rings. The van der Waals surface area contributed by atoms with Crippen molar-refractivity contribution in [3.05, 3.63) is 194 Å². The van der Waals surface area contributed by atoms with Crippen LogP contribution in [0.1, 0.15) is 0 Å². The molecule has 0 atom stereocenters. The zero-order chi connectivity index (χ0) is 33.0. The molecule has 0 spiro atoms. The molecule has 0 unspecified atom stereocenters. The number of rotatable bonds is 5. The smallest absolute Gasteiger partial charge is 0.0625 e. The Hall–Kier alpha value is -6.64. The number of nitrogens with zero attached hydrogens (tertiary/aromatic N) is 2. The van der Waals surface area contributed by atoms with Crippen molar-refractivity contribution in [3.63, 3.8) is 0 Å². The van der Waals surface area contributed by atoms with Crippen LogP contribution in [0.25, 0.3) is 70.9 Å². The molecular weight excluding hydrogens is 605 g/mol. The van der Waals surface area contributed by atoms with Gasteiger partial charge >= 0.3 is 0 Å². The Kier molecular flexibility index (Phi) is 6.53. The second-order valence-electron chi connectivity index (χ2n) is 13.0. The van der Waals surface area contributed by atoms with Crippen LogP contribution in [0.15, 0.2) is 194 Å². The van der Waals surface area contributed by atoms with Gasteiger partial charge in [-0.25, -0.2) is 0 Å². The maximum Gasteiger partial charge on any atom is 0.0625 e. The van der Waals surface area contributed by atoms with Crippen LogP contribution in [-0.4, -0.2) is 4.57 Å². The van der Waals surface area contributed by atoms with Gasteiger partial charge in [0.25, 0.3) is 0 Å². The minimum atomic E-state index is 1.11. The average Bonchev–Trinajstić information content (AvgIpc) is 3.54. The molecule has 0 amide bonds. The summed E-state index contributed by atoms with van der Waals surface area (Å²) in [7, 11) is 0. The van der Waals surface area contributed by atoms with Crippen LogP contribution in [0, 0.1) is 0 Å². The molecule has 1 aromatic heterocycles. The lowest BCUT2D eigenvalue weighted by molar-refractivity contribution is 1.19. The largest absolute Gasteiger partial charge is 0.310 e. The SMILES string of the molecule is c1ccc(-n2c3ccccc3c3c(-c4cccc(N(c5ccc6ccccc6c5)c5cccc6ccccc56)c4)cc4ccccc4c32)cc1. The highest BCUT2D eigenvalue weighted by Gasteiger charge is 2.21. The second kappa shape index (κ2) is 11.5. The molecule has 0 aliphatic heterocycles. The van der Waals surface area contributed by atoms with E-state index in [4.69, 9.17) is 0 Å². The van der Waals surface area contributed by atoms with Crippen molar-refractivity contribution < 1.29 is 0 Å². The fraction of sp³-hybridized carbons (Fsp3) is 0. The van der Waals surface area contributed by atoms with Gasteiger partial charge in [-0.2, -0.15) is 0 Å². The molecule has 1 heterocycles. The molecular formula is C48H32N2. The lowest BCUT2D eigenvalue weighted by Crippen LogP contribution is -2.10. The summed E-state index contributed by atoms with van der Waals surface area (Å²) in [6.07, 6.45) is 0. The zero-order valence-corrected chi connectivity index (χ0v) is 27.4. The van der Waals surface area contributed by atoms with Crippen molar-refractivity contribution in [1.82, 2.24) is 4.57 Å². The van der Waals surface area contributed by atoms with Gasteiger partial charge in [-0.1, -0.05) is 140 Å². The number of aromatic nitrogens is 1. The molecule has 2 heteroatoms. The van der Waals surface area contributed by atoms with Gasteiger partial charge < -0.3 is 9.47 Å². The van der Waals surface area contributed by atoms with Crippen molar-refractivity contribution in [1.29, 1.82) is 0 Å². The van der Waals surface area contributed by atoms with Crippen molar-refractivity contribution >= 4 is 71.2 Å². The summed E-state index contributed by atoms with van der Waals surface area (Å²) in [4.78, 5) is 2.42. The van der Waals surface area contributed by atoms with Crippen LogP contribution in [0.4, 0.5) is 17.1 Å². The lowest BCUT2D eigenvalue weighted by Gasteiger charge is -2.27. The van der Waals surface area contributed by atoms with E-state index in [-0.39, 0.29) is 0 Å². The van der Waals surface area contributed by atoms with Crippen molar-refractivity contribution in [3.8, 4) is 16.8 Å². The maximum atomic E-state index is 2.44. The van der Waals surface area contributed by atoms with E-state index in [0.29, 0.717) is 0 Å². The van der Waals surface area contributed by atoms with Crippen LogP contribution < -0.4 is 4.90 Å². The van der Waals surface area contributed by atoms with Crippen molar-refractivity contribution in [2.75, 3.05) is 4.90 Å². The first-order valence-corrected chi connectivity index (χ1v) is 17.2. The molecule has 0 N–H and O–H groups in total. The molecule has 0 saturated carbocycles. The fourth-order valence-electron chi connectivity index (χ4n) is 7.87.